The van der Waals surface area contributed by atoms with E-state index in [1.807, 2.05) is 54.2 Å². The summed E-state index contributed by atoms with van der Waals surface area (Å²) >= 11 is 0. The molecule has 0 radical (unpaired) electrons. The molecule has 2 aliphatic rings. The summed E-state index contributed by atoms with van der Waals surface area (Å²) in [5.74, 6) is 2.49. The van der Waals surface area contributed by atoms with Crippen LogP contribution in [0.1, 0.15) is 25.7 Å². The van der Waals surface area contributed by atoms with E-state index in [1.54, 1.807) is 11.0 Å². The van der Waals surface area contributed by atoms with Gasteiger partial charge in [-0.2, -0.15) is 5.10 Å². The lowest BCUT2D eigenvalue weighted by Gasteiger charge is -2.36. The molecule has 3 aromatic heterocycles. The Morgan fingerprint density at radius 3 is 2.46 bits per heavy atom. The molecular weight excluding hydrogens is 494 g/mol. The number of aryl methyl sites for hydroxylation is 2. The van der Waals surface area contributed by atoms with Gasteiger partial charge in [0.05, 0.1) is 11.8 Å². The van der Waals surface area contributed by atoms with Crippen LogP contribution >= 0.6 is 0 Å². The molecule has 0 spiro atoms. The Balaban J connectivity index is 1.11. The summed E-state index contributed by atoms with van der Waals surface area (Å²) in [4.78, 5) is 33.3. The summed E-state index contributed by atoms with van der Waals surface area (Å²) in [6, 6.07) is 8.05. The molecule has 1 amide bonds. The maximum absolute atomic E-state index is 12.6. The first-order valence-electron chi connectivity index (χ1n) is 13.7. The highest BCUT2D eigenvalue weighted by molar-refractivity contribution is 5.87. The topological polar surface area (TPSA) is 97.4 Å². The molecule has 204 valence electrons. The van der Waals surface area contributed by atoms with Crippen molar-refractivity contribution in [1.82, 2.24) is 34.2 Å². The van der Waals surface area contributed by atoms with Crippen LogP contribution in [0, 0.1) is 0 Å². The number of carbonyl (C=O) groups excluding carboxylic acids is 1. The van der Waals surface area contributed by atoms with E-state index in [0.29, 0.717) is 0 Å². The zero-order chi connectivity index (χ0) is 26.8. The molecule has 0 aliphatic carbocycles. The van der Waals surface area contributed by atoms with E-state index in [1.165, 1.54) is 12.8 Å². The molecule has 5 heterocycles. The number of hydrogen-bond acceptors (Lipinski definition) is 8. The van der Waals surface area contributed by atoms with Gasteiger partial charge >= 0.3 is 0 Å². The molecule has 6 rings (SSSR count). The third-order valence-electron chi connectivity index (χ3n) is 7.68. The zero-order valence-electron chi connectivity index (χ0n) is 22.7. The third kappa shape index (κ3) is 5.25. The van der Waals surface area contributed by atoms with Crippen molar-refractivity contribution >= 4 is 28.6 Å². The Morgan fingerprint density at radius 2 is 1.72 bits per heavy atom. The maximum Gasteiger partial charge on any atom is 0.260 e. The largest absolute Gasteiger partial charge is 0.484 e. The molecule has 0 saturated carbocycles. The molecule has 0 N–H and O–H groups in total. The predicted molar refractivity (Wildman–Crippen MR) is 150 cm³/mol. The van der Waals surface area contributed by atoms with Crippen molar-refractivity contribution in [2.24, 2.45) is 14.1 Å². The van der Waals surface area contributed by atoms with Gasteiger partial charge in [0.15, 0.2) is 23.6 Å². The summed E-state index contributed by atoms with van der Waals surface area (Å²) in [5.41, 5.74) is 3.65. The van der Waals surface area contributed by atoms with Gasteiger partial charge in [0.2, 0.25) is 0 Å². The van der Waals surface area contributed by atoms with Crippen molar-refractivity contribution in [1.29, 1.82) is 0 Å². The second kappa shape index (κ2) is 10.9. The van der Waals surface area contributed by atoms with Gasteiger partial charge in [0.1, 0.15) is 17.9 Å². The van der Waals surface area contributed by atoms with Crippen LogP contribution in [-0.2, 0) is 18.9 Å². The van der Waals surface area contributed by atoms with Crippen LogP contribution in [0.15, 0.2) is 43.0 Å². The number of ether oxygens (including phenoxy) is 1. The molecule has 0 atom stereocenters. The Hall–Kier alpha value is -4.15. The Labute approximate surface area is 228 Å². The minimum absolute atomic E-state index is 0.0771. The van der Waals surface area contributed by atoms with Crippen molar-refractivity contribution in [3.05, 3.63) is 43.0 Å². The van der Waals surface area contributed by atoms with Crippen LogP contribution < -0.4 is 14.5 Å². The summed E-state index contributed by atoms with van der Waals surface area (Å²) in [6.07, 6.45) is 9.96. The van der Waals surface area contributed by atoms with Gasteiger partial charge in [-0.15, -0.1) is 0 Å². The average molecular weight is 530 g/mol. The lowest BCUT2D eigenvalue weighted by atomic mass is 10.2. The molecule has 0 unspecified atom stereocenters. The van der Waals surface area contributed by atoms with E-state index in [-0.39, 0.29) is 12.5 Å². The number of likely N-dealkylation sites (tertiary alicyclic amines) is 1. The van der Waals surface area contributed by atoms with E-state index in [9.17, 15) is 4.79 Å². The summed E-state index contributed by atoms with van der Waals surface area (Å²) in [6.45, 7) is 5.07. The maximum atomic E-state index is 12.6. The number of hydrogen-bond donors (Lipinski definition) is 0. The van der Waals surface area contributed by atoms with E-state index in [2.05, 4.69) is 30.9 Å². The molecule has 11 heteroatoms. The fourth-order valence-corrected chi connectivity index (χ4v) is 5.52. The van der Waals surface area contributed by atoms with E-state index >= 15 is 0 Å². The molecule has 2 fully saturated rings. The predicted octanol–water partition coefficient (Wildman–Crippen LogP) is 2.87. The monoisotopic (exact) mass is 529 g/mol. The Morgan fingerprint density at radius 1 is 0.949 bits per heavy atom. The number of aromatic nitrogens is 6. The Bertz CT molecular complexity index is 1450. The number of imidazole rings is 1. The first kappa shape index (κ1) is 25.1. The first-order chi connectivity index (χ1) is 19.1. The zero-order valence-corrected chi connectivity index (χ0v) is 22.7. The molecular formula is C28H35N9O2. The van der Waals surface area contributed by atoms with Gasteiger partial charge in [-0.3, -0.25) is 9.48 Å². The van der Waals surface area contributed by atoms with Crippen molar-refractivity contribution in [3.63, 3.8) is 0 Å². The number of amides is 1. The molecule has 1 aromatic carbocycles. The SMILES string of the molecule is Cn1cc(-c2nc3c(N4CCN(c5cccc(OCC(=O)N6CCCCCC6)c5)CC4)ncnc3n2C)cn1. The molecule has 39 heavy (non-hydrogen) atoms. The van der Waals surface area contributed by atoms with Gasteiger partial charge in [0.25, 0.3) is 5.91 Å². The highest BCUT2D eigenvalue weighted by Gasteiger charge is 2.24. The van der Waals surface area contributed by atoms with Crippen molar-refractivity contribution in [2.75, 3.05) is 55.7 Å². The van der Waals surface area contributed by atoms with Gasteiger partial charge in [-0.1, -0.05) is 18.9 Å². The normalized spacial score (nSPS) is 16.5. The number of benzene rings is 1. The second-order valence-corrected chi connectivity index (χ2v) is 10.3. The third-order valence-corrected chi connectivity index (χ3v) is 7.68. The van der Waals surface area contributed by atoms with Gasteiger partial charge in [0, 0.05) is 71.3 Å². The lowest BCUT2D eigenvalue weighted by Crippen LogP contribution is -2.47. The van der Waals surface area contributed by atoms with Crippen LogP contribution in [0.4, 0.5) is 11.5 Å². The highest BCUT2D eigenvalue weighted by atomic mass is 16.5. The minimum Gasteiger partial charge on any atom is -0.484 e. The summed E-state index contributed by atoms with van der Waals surface area (Å²) in [7, 11) is 3.87. The first-order valence-corrected chi connectivity index (χ1v) is 13.7. The summed E-state index contributed by atoms with van der Waals surface area (Å²) < 4.78 is 9.69. The number of fused-ring (bicyclic) bond motifs is 1. The second-order valence-electron chi connectivity index (χ2n) is 10.3. The number of anilines is 2. The number of nitrogens with zero attached hydrogens (tertiary/aromatic N) is 9. The number of rotatable bonds is 6. The fraction of sp³-hybridized carbons (Fsp3) is 0.464. The van der Waals surface area contributed by atoms with E-state index in [0.717, 1.165) is 91.9 Å². The van der Waals surface area contributed by atoms with Gasteiger partial charge in [-0.25, -0.2) is 15.0 Å². The minimum atomic E-state index is 0.0771. The van der Waals surface area contributed by atoms with Crippen molar-refractivity contribution < 1.29 is 9.53 Å². The average Bonchev–Trinajstić information content (AvgIpc) is 3.42. The van der Waals surface area contributed by atoms with Crippen LogP contribution in [0.3, 0.4) is 0 Å². The number of piperazine rings is 1. The van der Waals surface area contributed by atoms with E-state index in [4.69, 9.17) is 9.72 Å². The van der Waals surface area contributed by atoms with Crippen LogP contribution in [0.2, 0.25) is 0 Å². The standard InChI is InChI=1S/C28H35N9O2/c1-33-18-21(17-31-33)26-32-25-27(34(26)2)29-20-30-28(25)37-14-12-35(13-15-37)22-8-7-9-23(16-22)39-19-24(38)36-10-5-3-4-6-11-36/h7-9,16-18,20H,3-6,10-15,19H2,1-2H3. The fourth-order valence-electron chi connectivity index (χ4n) is 5.52. The quantitative estimate of drug-likeness (QED) is 0.376. The molecule has 2 aliphatic heterocycles. The Kier molecular flexibility index (Phi) is 7.04. The molecule has 11 nitrogen and oxygen atoms in total. The van der Waals surface area contributed by atoms with Gasteiger partial charge < -0.3 is 24.0 Å². The van der Waals surface area contributed by atoms with Crippen molar-refractivity contribution in [2.45, 2.75) is 25.7 Å². The molecule has 2 saturated heterocycles. The molecule has 4 aromatic rings. The highest BCUT2D eigenvalue weighted by Crippen LogP contribution is 2.29. The van der Waals surface area contributed by atoms with Crippen LogP contribution in [0.25, 0.3) is 22.6 Å². The van der Waals surface area contributed by atoms with E-state index < -0.39 is 0 Å². The summed E-state index contributed by atoms with van der Waals surface area (Å²) in [5, 5.41) is 4.29. The smallest absolute Gasteiger partial charge is 0.260 e. The van der Waals surface area contributed by atoms with Gasteiger partial charge in [-0.05, 0) is 25.0 Å². The lowest BCUT2D eigenvalue weighted by molar-refractivity contribution is -0.133. The van der Waals surface area contributed by atoms with Crippen LogP contribution in [-0.4, -0.2) is 86.0 Å². The number of carbonyl (C=O) groups is 1. The molecule has 0 bridgehead atoms. The van der Waals surface area contributed by atoms with Crippen LogP contribution in [0.5, 0.6) is 5.75 Å². The van der Waals surface area contributed by atoms with Crippen molar-refractivity contribution in [3.8, 4) is 17.1 Å².